The van der Waals surface area contributed by atoms with Crippen LogP contribution in [0.15, 0.2) is 42.5 Å². The molecule has 29 heavy (non-hydrogen) atoms. The number of carbonyl (C=O) groups excluding carboxylic acids is 2. The zero-order valence-electron chi connectivity index (χ0n) is 17.3. The first-order valence-electron chi connectivity index (χ1n) is 10.2. The molecular formula is C24H29FN2O2. The molecule has 0 heterocycles. The van der Waals surface area contributed by atoms with Crippen LogP contribution in [0, 0.1) is 5.82 Å². The van der Waals surface area contributed by atoms with Gasteiger partial charge in [0.25, 0.3) is 0 Å². The van der Waals surface area contributed by atoms with Crippen molar-refractivity contribution in [2.75, 3.05) is 27.2 Å². The molecular weight excluding hydrogens is 367 g/mol. The number of Topliss-reactive ketones (excluding diaryl/α,β-unsaturated/α-hetero) is 1. The zero-order valence-corrected chi connectivity index (χ0v) is 17.3. The molecule has 1 aliphatic rings. The van der Waals surface area contributed by atoms with Gasteiger partial charge in [0.1, 0.15) is 5.82 Å². The van der Waals surface area contributed by atoms with Gasteiger partial charge >= 0.3 is 0 Å². The van der Waals surface area contributed by atoms with E-state index in [1.807, 2.05) is 43.3 Å². The fourth-order valence-electron chi connectivity index (χ4n) is 3.74. The van der Waals surface area contributed by atoms with Crippen molar-refractivity contribution in [1.82, 2.24) is 9.80 Å². The van der Waals surface area contributed by atoms with Gasteiger partial charge in [0.2, 0.25) is 5.91 Å². The third-order valence-corrected chi connectivity index (χ3v) is 5.42. The van der Waals surface area contributed by atoms with Gasteiger partial charge in [-0.15, -0.1) is 0 Å². The van der Waals surface area contributed by atoms with Crippen molar-refractivity contribution in [3.8, 4) is 0 Å². The fraction of sp³-hybridized carbons (Fsp3) is 0.417. The van der Waals surface area contributed by atoms with Crippen molar-refractivity contribution in [3.05, 3.63) is 70.5 Å². The largest absolute Gasteiger partial charge is 0.337 e. The summed E-state index contributed by atoms with van der Waals surface area (Å²) in [5.74, 6) is -0.383. The predicted molar refractivity (Wildman–Crippen MR) is 112 cm³/mol. The molecule has 5 heteroatoms. The number of nitrogens with zero attached hydrogens (tertiary/aromatic N) is 2. The number of hydrogen-bond donors (Lipinski definition) is 0. The average molecular weight is 397 g/mol. The number of halogens is 1. The lowest BCUT2D eigenvalue weighted by Crippen LogP contribution is -2.36. The minimum atomic E-state index is -0.311. The van der Waals surface area contributed by atoms with Crippen molar-refractivity contribution in [1.29, 1.82) is 0 Å². The van der Waals surface area contributed by atoms with Gasteiger partial charge in [0.15, 0.2) is 5.78 Å². The van der Waals surface area contributed by atoms with Gasteiger partial charge in [-0.3, -0.25) is 9.59 Å². The van der Waals surface area contributed by atoms with Gasteiger partial charge in [0.05, 0.1) is 0 Å². The number of carbonyl (C=O) groups is 2. The summed E-state index contributed by atoms with van der Waals surface area (Å²) in [5, 5.41) is 0. The summed E-state index contributed by atoms with van der Waals surface area (Å²) < 4.78 is 13.5. The zero-order chi connectivity index (χ0) is 20.8. The molecule has 0 saturated heterocycles. The van der Waals surface area contributed by atoms with Gasteiger partial charge in [-0.05, 0) is 68.2 Å². The standard InChI is InChI=1S/C24H29FN2O2/c1-26(2)13-14-27(17-18-5-3-8-22(25)15-18)24(29)12-11-23(28)21-10-9-19-6-4-7-20(19)16-21/h3,5,8-10,15-16H,4,6-7,11-14,17H2,1-2H3. The number of aryl methyl sites for hydroxylation is 2. The number of likely N-dealkylation sites (N-methyl/N-ethyl adjacent to an activating group) is 1. The summed E-state index contributed by atoms with van der Waals surface area (Å²) >= 11 is 0. The highest BCUT2D eigenvalue weighted by Crippen LogP contribution is 2.23. The van der Waals surface area contributed by atoms with Gasteiger partial charge in [0, 0.05) is 38.0 Å². The lowest BCUT2D eigenvalue weighted by molar-refractivity contribution is -0.131. The molecule has 1 aliphatic carbocycles. The Morgan fingerprint density at radius 2 is 1.76 bits per heavy atom. The smallest absolute Gasteiger partial charge is 0.223 e. The minimum Gasteiger partial charge on any atom is -0.337 e. The highest BCUT2D eigenvalue weighted by atomic mass is 19.1. The Bertz CT molecular complexity index is 879. The van der Waals surface area contributed by atoms with Crippen molar-refractivity contribution < 1.29 is 14.0 Å². The first-order chi connectivity index (χ1) is 13.9. The van der Waals surface area contributed by atoms with Gasteiger partial charge in [-0.2, -0.15) is 0 Å². The summed E-state index contributed by atoms with van der Waals surface area (Å²) in [6.45, 7) is 1.59. The molecule has 0 saturated carbocycles. The second kappa shape index (κ2) is 9.79. The van der Waals surface area contributed by atoms with E-state index in [9.17, 15) is 14.0 Å². The lowest BCUT2D eigenvalue weighted by Gasteiger charge is -2.24. The van der Waals surface area contributed by atoms with E-state index in [2.05, 4.69) is 0 Å². The molecule has 0 aromatic heterocycles. The molecule has 2 aromatic carbocycles. The summed E-state index contributed by atoms with van der Waals surface area (Å²) in [6.07, 6.45) is 3.62. The predicted octanol–water partition coefficient (Wildman–Crippen LogP) is 3.87. The van der Waals surface area contributed by atoms with E-state index < -0.39 is 0 Å². The Morgan fingerprint density at radius 1 is 0.966 bits per heavy atom. The Morgan fingerprint density at radius 3 is 2.52 bits per heavy atom. The van der Waals surface area contributed by atoms with Crippen molar-refractivity contribution >= 4 is 11.7 Å². The fourth-order valence-corrected chi connectivity index (χ4v) is 3.74. The monoisotopic (exact) mass is 396 g/mol. The molecule has 154 valence electrons. The van der Waals surface area contributed by atoms with Crippen molar-refractivity contribution in [3.63, 3.8) is 0 Å². The third-order valence-electron chi connectivity index (χ3n) is 5.42. The first kappa shape index (κ1) is 21.2. The Kier molecular flexibility index (Phi) is 7.15. The Labute approximate surface area is 172 Å². The molecule has 0 atom stereocenters. The second-order valence-electron chi connectivity index (χ2n) is 8.01. The second-order valence-corrected chi connectivity index (χ2v) is 8.01. The number of hydrogen-bond acceptors (Lipinski definition) is 3. The molecule has 0 aliphatic heterocycles. The van der Waals surface area contributed by atoms with Gasteiger partial charge in [-0.25, -0.2) is 4.39 Å². The number of ketones is 1. The van der Waals surface area contributed by atoms with E-state index in [1.165, 1.54) is 23.3 Å². The Hall–Kier alpha value is -2.53. The average Bonchev–Trinajstić information content (AvgIpc) is 3.16. The lowest BCUT2D eigenvalue weighted by atomic mass is 10.0. The summed E-state index contributed by atoms with van der Waals surface area (Å²) in [4.78, 5) is 29.2. The van der Waals surface area contributed by atoms with Crippen LogP contribution in [-0.4, -0.2) is 48.7 Å². The van der Waals surface area contributed by atoms with Crippen LogP contribution in [0.1, 0.15) is 46.3 Å². The number of benzene rings is 2. The minimum absolute atomic E-state index is 0.00589. The molecule has 0 fully saturated rings. The van der Waals surface area contributed by atoms with E-state index in [1.54, 1.807) is 11.0 Å². The molecule has 0 unspecified atom stereocenters. The van der Waals surface area contributed by atoms with Crippen molar-refractivity contribution in [2.24, 2.45) is 0 Å². The van der Waals surface area contributed by atoms with Crippen LogP contribution >= 0.6 is 0 Å². The highest BCUT2D eigenvalue weighted by molar-refractivity contribution is 5.98. The quantitative estimate of drug-likeness (QED) is 0.604. The summed E-state index contributed by atoms with van der Waals surface area (Å²) in [5.41, 5.74) is 4.05. The highest BCUT2D eigenvalue weighted by Gasteiger charge is 2.18. The molecule has 0 N–H and O–H groups in total. The van der Waals surface area contributed by atoms with Crippen LogP contribution in [0.3, 0.4) is 0 Å². The molecule has 3 rings (SSSR count). The SMILES string of the molecule is CN(C)CCN(Cc1cccc(F)c1)C(=O)CCC(=O)c1ccc2c(c1)CCC2. The Balaban J connectivity index is 1.61. The van der Waals surface area contributed by atoms with Crippen LogP contribution in [0.5, 0.6) is 0 Å². The van der Waals surface area contributed by atoms with Gasteiger partial charge < -0.3 is 9.80 Å². The van der Waals surface area contributed by atoms with Crippen LogP contribution in [-0.2, 0) is 24.2 Å². The van der Waals surface area contributed by atoms with Crippen LogP contribution in [0.4, 0.5) is 4.39 Å². The van der Waals surface area contributed by atoms with Gasteiger partial charge in [-0.1, -0.05) is 24.3 Å². The maximum atomic E-state index is 13.5. The third kappa shape index (κ3) is 5.97. The number of amides is 1. The number of fused-ring (bicyclic) bond motifs is 1. The summed E-state index contributed by atoms with van der Waals surface area (Å²) in [7, 11) is 3.89. The van der Waals surface area contributed by atoms with E-state index in [-0.39, 0.29) is 30.3 Å². The molecule has 0 spiro atoms. The van der Waals surface area contributed by atoms with Crippen LogP contribution in [0.2, 0.25) is 0 Å². The van der Waals surface area contributed by atoms with E-state index in [0.717, 1.165) is 24.8 Å². The maximum Gasteiger partial charge on any atom is 0.223 e. The summed E-state index contributed by atoms with van der Waals surface area (Å²) in [6, 6.07) is 12.2. The molecule has 0 bridgehead atoms. The maximum absolute atomic E-state index is 13.5. The molecule has 0 radical (unpaired) electrons. The van der Waals surface area contributed by atoms with Crippen LogP contribution < -0.4 is 0 Å². The molecule has 1 amide bonds. The molecule has 2 aromatic rings. The molecule has 4 nitrogen and oxygen atoms in total. The number of rotatable bonds is 9. The van der Waals surface area contributed by atoms with Crippen molar-refractivity contribution in [2.45, 2.75) is 38.6 Å². The van der Waals surface area contributed by atoms with E-state index in [4.69, 9.17) is 0 Å². The first-order valence-corrected chi connectivity index (χ1v) is 10.2. The normalized spacial score (nSPS) is 12.8. The van der Waals surface area contributed by atoms with E-state index >= 15 is 0 Å². The van der Waals surface area contributed by atoms with E-state index in [0.29, 0.717) is 25.2 Å². The topological polar surface area (TPSA) is 40.6 Å². The van der Waals surface area contributed by atoms with Crippen LogP contribution in [0.25, 0.3) is 0 Å².